The Labute approximate surface area is 221 Å². The fourth-order valence-corrected chi connectivity index (χ4v) is 6.59. The molecule has 0 saturated carbocycles. The zero-order valence-corrected chi connectivity index (χ0v) is 21.4. The molecule has 0 spiro atoms. The first kappa shape index (κ1) is 24.8. The predicted molar refractivity (Wildman–Crippen MR) is 137 cm³/mol. The number of oxime groups is 1. The van der Waals surface area contributed by atoms with Crippen LogP contribution in [0.25, 0.3) is 11.5 Å². The molecule has 14 nitrogen and oxygen atoms in total. The molecule has 5 rings (SSSR count). The Morgan fingerprint density at radius 2 is 2.27 bits per heavy atom. The Hall–Kier alpha value is -3.83. The maximum absolute atomic E-state index is 13.0. The number of carboxylic acids is 1. The Morgan fingerprint density at radius 3 is 2.95 bits per heavy atom. The molecule has 2 aliphatic rings. The van der Waals surface area contributed by atoms with E-state index in [0.717, 1.165) is 17.0 Å². The van der Waals surface area contributed by atoms with Crippen LogP contribution in [-0.2, 0) is 19.2 Å². The van der Waals surface area contributed by atoms with Gasteiger partial charge in [0.2, 0.25) is 5.16 Å². The van der Waals surface area contributed by atoms with E-state index in [4.69, 9.17) is 10.6 Å². The third-order valence-corrected chi connectivity index (χ3v) is 8.34. The summed E-state index contributed by atoms with van der Waals surface area (Å²) < 4.78 is 0. The number of hydrogen-bond donors (Lipinski definition) is 5. The van der Waals surface area contributed by atoms with E-state index < -0.39 is 29.2 Å². The molecule has 6 N–H and O–H groups in total. The number of carboxylic acid groups (broad SMARTS) is 1. The van der Waals surface area contributed by atoms with Gasteiger partial charge in [0.25, 0.3) is 11.8 Å². The van der Waals surface area contributed by atoms with Gasteiger partial charge in [-0.05, 0) is 17.7 Å². The standard InChI is InChI=1S/C20H19N9O5S3/c1-34-28-11(10-7-36-19(21)23-10)15(30)24-12-16(31)29-13(18(32)33)8(5-35-17(12)29)6-37-20-25-14(26-27-20)9-3-2-4-22-9/h2-4,7,12,17,22H,5-6H2,1H3,(H2,21,23)(H,24,30)(H,32,33)(H,25,26,27)/t12-,17+/m1/s1. The number of nitrogen functional groups attached to an aromatic ring is 1. The minimum absolute atomic E-state index is 0.0927. The summed E-state index contributed by atoms with van der Waals surface area (Å²) in [6, 6.07) is 2.75. The number of nitrogens with two attached hydrogens (primary N) is 1. The number of aromatic amines is 2. The first-order valence-corrected chi connectivity index (χ1v) is 13.5. The highest BCUT2D eigenvalue weighted by Gasteiger charge is 2.54. The van der Waals surface area contributed by atoms with Crippen LogP contribution in [0.3, 0.4) is 0 Å². The summed E-state index contributed by atoms with van der Waals surface area (Å²) in [6.07, 6.45) is 1.77. The summed E-state index contributed by atoms with van der Waals surface area (Å²) in [5.74, 6) is -1.25. The molecule has 2 atom stereocenters. The van der Waals surface area contributed by atoms with Gasteiger partial charge in [-0.25, -0.2) is 9.78 Å². The van der Waals surface area contributed by atoms with Crippen molar-refractivity contribution in [2.45, 2.75) is 16.6 Å². The Bertz CT molecular complexity index is 1410. The summed E-state index contributed by atoms with van der Waals surface area (Å²) in [7, 11) is 1.28. The number of H-pyrrole nitrogens is 2. The summed E-state index contributed by atoms with van der Waals surface area (Å²) in [5.41, 5.74) is 6.95. The lowest BCUT2D eigenvalue weighted by Crippen LogP contribution is -2.71. The molecule has 2 aliphatic heterocycles. The number of hydrogen-bond acceptors (Lipinski definition) is 12. The van der Waals surface area contributed by atoms with Crippen molar-refractivity contribution in [3.05, 3.63) is 40.7 Å². The average Bonchev–Trinajstić information content (AvgIpc) is 3.65. The molecule has 1 saturated heterocycles. The molecule has 1 fully saturated rings. The predicted octanol–water partition coefficient (Wildman–Crippen LogP) is 0.720. The van der Waals surface area contributed by atoms with Crippen molar-refractivity contribution in [2.24, 2.45) is 5.16 Å². The van der Waals surface area contributed by atoms with Crippen LogP contribution in [0.4, 0.5) is 5.13 Å². The van der Waals surface area contributed by atoms with E-state index in [0.29, 0.717) is 22.3 Å². The minimum Gasteiger partial charge on any atom is -0.477 e. The molecule has 17 heteroatoms. The SMILES string of the molecule is CON=C(C(=O)N[C@@H]1C(=O)N2C(C(=O)O)=C(CSc3n[nH]c(-c4ccc[nH]4)n3)CS[C@@H]12)c1csc(N)n1. The molecule has 0 bridgehead atoms. The summed E-state index contributed by atoms with van der Waals surface area (Å²) in [6.45, 7) is 0. The number of β-lactam (4-membered cyclic amide) rings is 1. The highest BCUT2D eigenvalue weighted by Crippen LogP contribution is 2.41. The van der Waals surface area contributed by atoms with Gasteiger partial charge in [0, 0.05) is 23.1 Å². The second-order valence-corrected chi connectivity index (χ2v) is 10.6. The van der Waals surface area contributed by atoms with Crippen LogP contribution in [-0.4, -0.2) is 88.7 Å². The first-order valence-electron chi connectivity index (χ1n) is 10.6. The average molecular weight is 562 g/mol. The molecular formula is C20H19N9O5S3. The van der Waals surface area contributed by atoms with Crippen molar-refractivity contribution in [1.82, 2.24) is 35.4 Å². The summed E-state index contributed by atoms with van der Waals surface area (Å²) >= 11 is 3.74. The van der Waals surface area contributed by atoms with Crippen LogP contribution in [0.2, 0.25) is 0 Å². The van der Waals surface area contributed by atoms with Gasteiger partial charge in [0.05, 0.1) is 5.69 Å². The van der Waals surface area contributed by atoms with E-state index in [-0.39, 0.29) is 28.0 Å². The van der Waals surface area contributed by atoms with Crippen molar-refractivity contribution in [1.29, 1.82) is 0 Å². The lowest BCUT2D eigenvalue weighted by molar-refractivity contribution is -0.150. The summed E-state index contributed by atoms with van der Waals surface area (Å²) in [5, 5.41) is 24.9. The van der Waals surface area contributed by atoms with Gasteiger partial charge in [0.1, 0.15) is 29.9 Å². The second kappa shape index (κ2) is 10.3. The largest absolute Gasteiger partial charge is 0.477 e. The van der Waals surface area contributed by atoms with Crippen LogP contribution in [0, 0.1) is 0 Å². The van der Waals surface area contributed by atoms with Crippen molar-refractivity contribution in [3.63, 3.8) is 0 Å². The number of carbonyl (C=O) groups excluding carboxylic acids is 2. The fraction of sp³-hybridized carbons (Fsp3) is 0.250. The van der Waals surface area contributed by atoms with Crippen molar-refractivity contribution in [3.8, 4) is 11.5 Å². The number of aliphatic carboxylic acids is 1. The lowest BCUT2D eigenvalue weighted by atomic mass is 10.0. The number of rotatable bonds is 9. The highest BCUT2D eigenvalue weighted by atomic mass is 32.2. The molecule has 5 heterocycles. The molecular weight excluding hydrogens is 542 g/mol. The van der Waals surface area contributed by atoms with E-state index in [2.05, 4.69) is 35.6 Å². The van der Waals surface area contributed by atoms with Gasteiger partial charge in [0.15, 0.2) is 16.7 Å². The van der Waals surface area contributed by atoms with Crippen LogP contribution in [0.1, 0.15) is 5.69 Å². The van der Waals surface area contributed by atoms with Gasteiger partial charge in [-0.15, -0.1) is 28.2 Å². The zero-order chi connectivity index (χ0) is 26.1. The molecule has 0 aliphatic carbocycles. The second-order valence-electron chi connectivity index (χ2n) is 7.65. The number of amides is 2. The van der Waals surface area contributed by atoms with Crippen LogP contribution >= 0.6 is 34.9 Å². The zero-order valence-electron chi connectivity index (χ0n) is 19.0. The number of fused-ring (bicyclic) bond motifs is 1. The molecule has 192 valence electrons. The molecule has 37 heavy (non-hydrogen) atoms. The van der Waals surface area contributed by atoms with E-state index in [1.807, 2.05) is 12.1 Å². The highest BCUT2D eigenvalue weighted by molar-refractivity contribution is 8.01. The maximum Gasteiger partial charge on any atom is 0.352 e. The monoisotopic (exact) mass is 561 g/mol. The fourth-order valence-electron chi connectivity index (χ4n) is 3.76. The van der Waals surface area contributed by atoms with Crippen molar-refractivity contribution >= 4 is 63.5 Å². The molecule has 0 unspecified atom stereocenters. The molecule has 3 aromatic heterocycles. The van der Waals surface area contributed by atoms with Crippen LogP contribution in [0.5, 0.6) is 0 Å². The molecule has 0 radical (unpaired) electrons. The normalized spacial score (nSPS) is 19.4. The van der Waals surface area contributed by atoms with Crippen molar-refractivity contribution in [2.75, 3.05) is 24.3 Å². The van der Waals surface area contributed by atoms with E-state index in [9.17, 15) is 19.5 Å². The third kappa shape index (κ3) is 4.79. The number of nitrogens with zero attached hydrogens (tertiary/aromatic N) is 5. The summed E-state index contributed by atoms with van der Waals surface area (Å²) in [4.78, 5) is 55.4. The quantitative estimate of drug-likeness (QED) is 0.106. The molecule has 2 amide bonds. The van der Waals surface area contributed by atoms with Gasteiger partial charge in [-0.3, -0.25) is 19.6 Å². The first-order chi connectivity index (χ1) is 17.9. The molecule has 0 aromatic carbocycles. The van der Waals surface area contributed by atoms with Gasteiger partial charge in [-0.2, -0.15) is 4.98 Å². The third-order valence-electron chi connectivity index (χ3n) is 5.39. The Morgan fingerprint density at radius 1 is 1.43 bits per heavy atom. The Balaban J connectivity index is 1.28. The number of thiazole rings is 1. The number of aromatic nitrogens is 5. The van der Waals surface area contributed by atoms with Gasteiger partial charge >= 0.3 is 5.97 Å². The molecule has 3 aromatic rings. The van der Waals surface area contributed by atoms with Crippen molar-refractivity contribution < 1.29 is 24.3 Å². The van der Waals surface area contributed by atoms with E-state index in [1.54, 1.807) is 11.6 Å². The van der Waals surface area contributed by atoms with Gasteiger partial charge in [-0.1, -0.05) is 16.9 Å². The lowest BCUT2D eigenvalue weighted by Gasteiger charge is -2.49. The van der Waals surface area contributed by atoms with Crippen LogP contribution in [0.15, 0.2) is 45.3 Å². The number of carbonyl (C=O) groups is 3. The number of thioether (sulfide) groups is 2. The smallest absolute Gasteiger partial charge is 0.352 e. The number of nitrogens with one attached hydrogen (secondary N) is 3. The Kier molecular flexibility index (Phi) is 6.90. The minimum atomic E-state index is -1.22. The number of anilines is 1. The maximum atomic E-state index is 13.0. The van der Waals surface area contributed by atoms with Gasteiger partial charge < -0.3 is 26.0 Å². The van der Waals surface area contributed by atoms with E-state index >= 15 is 0 Å². The topological polar surface area (TPSA) is 205 Å². The van der Waals surface area contributed by atoms with Crippen LogP contribution < -0.4 is 11.1 Å². The van der Waals surface area contributed by atoms with E-state index in [1.165, 1.54) is 35.5 Å².